The topological polar surface area (TPSA) is 52.6 Å². The lowest BCUT2D eigenvalue weighted by molar-refractivity contribution is -0.139. The molecule has 0 aromatic heterocycles. The van der Waals surface area contributed by atoms with Gasteiger partial charge in [-0.25, -0.2) is 0 Å². The van der Waals surface area contributed by atoms with Gasteiger partial charge in [-0.15, -0.1) is 0 Å². The summed E-state index contributed by atoms with van der Waals surface area (Å²) in [5.41, 5.74) is 0. The molecular weight excluding hydrogens is 180 g/mol. The smallest absolute Gasteiger partial charge is 0.320 e. The van der Waals surface area contributed by atoms with Crippen molar-refractivity contribution in [1.29, 1.82) is 0 Å². The van der Waals surface area contributed by atoms with Gasteiger partial charge in [-0.05, 0) is 33.0 Å². The van der Waals surface area contributed by atoms with E-state index in [2.05, 4.69) is 24.1 Å². The van der Waals surface area contributed by atoms with E-state index in [4.69, 9.17) is 5.11 Å². The first-order valence-corrected chi connectivity index (χ1v) is 5.06. The first-order chi connectivity index (χ1) is 6.47. The van der Waals surface area contributed by atoms with E-state index in [0.717, 1.165) is 13.1 Å². The van der Waals surface area contributed by atoms with E-state index in [0.29, 0.717) is 12.3 Å². The summed E-state index contributed by atoms with van der Waals surface area (Å²) >= 11 is 0. The number of hydrogen-bond acceptors (Lipinski definition) is 3. The Hall–Kier alpha value is -0.610. The Morgan fingerprint density at radius 1 is 1.50 bits per heavy atom. The standard InChI is InChI=1S/C10H22N2O2/c1-8(2)7-12(4)6-5-9(11-3)10(13)14/h8-9,11H,5-7H2,1-4H3,(H,13,14). The van der Waals surface area contributed by atoms with Gasteiger partial charge in [0, 0.05) is 6.54 Å². The molecular formula is C10H22N2O2. The normalized spacial score (nSPS) is 13.6. The van der Waals surface area contributed by atoms with Crippen LogP contribution in [0.2, 0.25) is 0 Å². The van der Waals surface area contributed by atoms with Gasteiger partial charge in [-0.3, -0.25) is 4.79 Å². The Balaban J connectivity index is 3.73. The minimum absolute atomic E-state index is 0.426. The van der Waals surface area contributed by atoms with Gasteiger partial charge in [0.25, 0.3) is 0 Å². The molecule has 0 heterocycles. The average Bonchev–Trinajstić information content (AvgIpc) is 2.03. The van der Waals surface area contributed by atoms with Crippen LogP contribution < -0.4 is 5.32 Å². The third-order valence-corrected chi connectivity index (χ3v) is 2.12. The number of carbonyl (C=O) groups is 1. The molecule has 0 spiro atoms. The highest BCUT2D eigenvalue weighted by atomic mass is 16.4. The molecule has 0 amide bonds. The quantitative estimate of drug-likeness (QED) is 0.636. The molecule has 0 bridgehead atoms. The molecule has 0 aliphatic heterocycles. The Labute approximate surface area is 86.3 Å². The third kappa shape index (κ3) is 5.94. The summed E-state index contributed by atoms with van der Waals surface area (Å²) in [6.07, 6.45) is 0.648. The maximum atomic E-state index is 10.7. The molecule has 0 radical (unpaired) electrons. The average molecular weight is 202 g/mol. The van der Waals surface area contributed by atoms with Crippen molar-refractivity contribution in [1.82, 2.24) is 10.2 Å². The second-order valence-electron chi connectivity index (χ2n) is 4.12. The summed E-state index contributed by atoms with van der Waals surface area (Å²) < 4.78 is 0. The first-order valence-electron chi connectivity index (χ1n) is 5.06. The van der Waals surface area contributed by atoms with Crippen LogP contribution in [-0.4, -0.2) is 49.2 Å². The van der Waals surface area contributed by atoms with E-state index in [1.807, 2.05) is 7.05 Å². The number of aliphatic carboxylic acids is 1. The molecule has 2 N–H and O–H groups in total. The van der Waals surface area contributed by atoms with Crippen LogP contribution in [0.1, 0.15) is 20.3 Å². The number of hydrogen-bond donors (Lipinski definition) is 2. The van der Waals surface area contributed by atoms with Crippen molar-refractivity contribution >= 4 is 5.97 Å². The maximum absolute atomic E-state index is 10.7. The van der Waals surface area contributed by atoms with E-state index in [1.54, 1.807) is 7.05 Å². The zero-order valence-corrected chi connectivity index (χ0v) is 9.58. The van der Waals surface area contributed by atoms with E-state index in [-0.39, 0.29) is 0 Å². The Morgan fingerprint density at radius 3 is 2.43 bits per heavy atom. The van der Waals surface area contributed by atoms with Crippen LogP contribution >= 0.6 is 0 Å². The second-order valence-corrected chi connectivity index (χ2v) is 4.12. The largest absolute Gasteiger partial charge is 0.480 e. The lowest BCUT2D eigenvalue weighted by Gasteiger charge is -2.20. The molecule has 0 aliphatic rings. The Morgan fingerprint density at radius 2 is 2.07 bits per heavy atom. The molecule has 1 atom stereocenters. The van der Waals surface area contributed by atoms with Crippen molar-refractivity contribution < 1.29 is 9.90 Å². The molecule has 1 unspecified atom stereocenters. The highest BCUT2D eigenvalue weighted by molar-refractivity contribution is 5.73. The van der Waals surface area contributed by atoms with Gasteiger partial charge in [0.05, 0.1) is 0 Å². The van der Waals surface area contributed by atoms with E-state index < -0.39 is 12.0 Å². The van der Waals surface area contributed by atoms with Crippen molar-refractivity contribution in [3.05, 3.63) is 0 Å². The summed E-state index contributed by atoms with van der Waals surface area (Å²) in [6, 6.07) is -0.426. The molecule has 0 aliphatic carbocycles. The van der Waals surface area contributed by atoms with Crippen molar-refractivity contribution in [3.63, 3.8) is 0 Å². The molecule has 0 rings (SSSR count). The lowest BCUT2D eigenvalue weighted by Crippen LogP contribution is -2.37. The van der Waals surface area contributed by atoms with Crippen molar-refractivity contribution in [2.45, 2.75) is 26.3 Å². The number of carboxylic acids is 1. The molecule has 0 fully saturated rings. The fourth-order valence-electron chi connectivity index (χ4n) is 1.46. The van der Waals surface area contributed by atoms with Crippen LogP contribution in [0.15, 0.2) is 0 Å². The Kier molecular flexibility index (Phi) is 6.49. The number of nitrogens with zero attached hydrogens (tertiary/aromatic N) is 1. The lowest BCUT2D eigenvalue weighted by atomic mass is 10.1. The molecule has 0 saturated carbocycles. The molecule has 4 heteroatoms. The third-order valence-electron chi connectivity index (χ3n) is 2.12. The zero-order valence-electron chi connectivity index (χ0n) is 9.58. The summed E-state index contributed by atoms with van der Waals surface area (Å²) in [5, 5.41) is 11.6. The van der Waals surface area contributed by atoms with Gasteiger partial charge in [0.2, 0.25) is 0 Å². The van der Waals surface area contributed by atoms with Crippen LogP contribution in [0.25, 0.3) is 0 Å². The van der Waals surface area contributed by atoms with Crippen LogP contribution in [0, 0.1) is 5.92 Å². The van der Waals surface area contributed by atoms with Gasteiger partial charge >= 0.3 is 5.97 Å². The van der Waals surface area contributed by atoms with E-state index in [9.17, 15) is 4.79 Å². The summed E-state index contributed by atoms with van der Waals surface area (Å²) in [5.74, 6) is -0.150. The maximum Gasteiger partial charge on any atom is 0.320 e. The summed E-state index contributed by atoms with van der Waals surface area (Å²) in [7, 11) is 3.70. The van der Waals surface area contributed by atoms with Crippen molar-refractivity contribution in [3.8, 4) is 0 Å². The Bertz CT molecular complexity index is 172. The first kappa shape index (κ1) is 13.4. The molecule has 4 nitrogen and oxygen atoms in total. The predicted molar refractivity (Wildman–Crippen MR) is 57.4 cm³/mol. The number of rotatable bonds is 7. The SMILES string of the molecule is CNC(CCN(C)CC(C)C)C(=O)O. The summed E-state index contributed by atoms with van der Waals surface area (Å²) in [6.45, 7) is 6.14. The fraction of sp³-hybridized carbons (Fsp3) is 0.900. The van der Waals surface area contributed by atoms with Gasteiger partial charge < -0.3 is 15.3 Å². The van der Waals surface area contributed by atoms with Crippen molar-refractivity contribution in [2.75, 3.05) is 27.2 Å². The number of nitrogens with one attached hydrogen (secondary N) is 1. The fourth-order valence-corrected chi connectivity index (χ4v) is 1.46. The minimum Gasteiger partial charge on any atom is -0.480 e. The van der Waals surface area contributed by atoms with Gasteiger partial charge in [-0.1, -0.05) is 13.8 Å². The highest BCUT2D eigenvalue weighted by Gasteiger charge is 2.15. The number of likely N-dealkylation sites (N-methyl/N-ethyl adjacent to an activating group) is 1. The van der Waals surface area contributed by atoms with Crippen LogP contribution in [-0.2, 0) is 4.79 Å². The molecule has 0 aromatic rings. The molecule has 0 saturated heterocycles. The van der Waals surface area contributed by atoms with E-state index >= 15 is 0 Å². The van der Waals surface area contributed by atoms with Gasteiger partial charge in [-0.2, -0.15) is 0 Å². The molecule has 14 heavy (non-hydrogen) atoms. The number of carboxylic acid groups (broad SMARTS) is 1. The predicted octanol–water partition coefficient (Wildman–Crippen LogP) is 0.637. The summed E-state index contributed by atoms with van der Waals surface area (Å²) in [4.78, 5) is 12.8. The monoisotopic (exact) mass is 202 g/mol. The van der Waals surface area contributed by atoms with Gasteiger partial charge in [0.15, 0.2) is 0 Å². The van der Waals surface area contributed by atoms with Gasteiger partial charge in [0.1, 0.15) is 6.04 Å². The van der Waals surface area contributed by atoms with Crippen LogP contribution in [0.5, 0.6) is 0 Å². The van der Waals surface area contributed by atoms with Crippen LogP contribution in [0.3, 0.4) is 0 Å². The highest BCUT2D eigenvalue weighted by Crippen LogP contribution is 1.99. The zero-order chi connectivity index (χ0) is 11.1. The van der Waals surface area contributed by atoms with Crippen LogP contribution in [0.4, 0.5) is 0 Å². The molecule has 84 valence electrons. The van der Waals surface area contributed by atoms with Crippen molar-refractivity contribution in [2.24, 2.45) is 5.92 Å². The van der Waals surface area contributed by atoms with E-state index in [1.165, 1.54) is 0 Å². The second kappa shape index (κ2) is 6.79. The molecule has 0 aromatic carbocycles. The minimum atomic E-state index is -0.773.